The van der Waals surface area contributed by atoms with Gasteiger partial charge in [-0.1, -0.05) is 30.3 Å². The first kappa shape index (κ1) is 14.3. The van der Waals surface area contributed by atoms with Crippen LogP contribution in [0.1, 0.15) is 12.5 Å². The van der Waals surface area contributed by atoms with Crippen LogP contribution in [0.25, 0.3) is 0 Å². The zero-order chi connectivity index (χ0) is 14.7. The van der Waals surface area contributed by atoms with Crippen molar-refractivity contribution in [1.82, 2.24) is 14.3 Å². The lowest BCUT2D eigenvalue weighted by molar-refractivity contribution is 0.305. The molecule has 6 heteroatoms. The molecule has 0 fully saturated rings. The van der Waals surface area contributed by atoms with E-state index in [1.54, 1.807) is 7.05 Å². The summed E-state index contributed by atoms with van der Waals surface area (Å²) in [4.78, 5) is 13.8. The Morgan fingerprint density at radius 2 is 2.00 bits per heavy atom. The Bertz CT molecular complexity index is 618. The van der Waals surface area contributed by atoms with Gasteiger partial charge >= 0.3 is 5.69 Å². The van der Waals surface area contributed by atoms with Gasteiger partial charge in [-0.3, -0.25) is 4.57 Å². The number of aromatic nitrogens is 3. The summed E-state index contributed by atoms with van der Waals surface area (Å²) in [5, 5.41) is 4.20. The number of hydrogen-bond donors (Lipinski definition) is 0. The minimum absolute atomic E-state index is 0.0220. The molecule has 0 saturated carbocycles. The Kier molecular flexibility index (Phi) is 4.22. The maximum Gasteiger partial charge on any atom is 0.347 e. The number of alkyl halides is 1. The first-order valence-electron chi connectivity index (χ1n) is 6.52. The van der Waals surface area contributed by atoms with Crippen molar-refractivity contribution < 1.29 is 4.39 Å². The Balaban J connectivity index is 2.22. The molecule has 0 aliphatic heterocycles. The number of benzene rings is 1. The molecule has 0 aliphatic carbocycles. The summed E-state index contributed by atoms with van der Waals surface area (Å²) in [5.41, 5.74) is 0.820. The lowest BCUT2D eigenvalue weighted by Gasteiger charge is -2.17. The first-order valence-corrected chi connectivity index (χ1v) is 6.52. The molecular weight excluding hydrogens is 259 g/mol. The Morgan fingerprint density at radius 1 is 1.35 bits per heavy atom. The molecule has 1 heterocycles. The van der Waals surface area contributed by atoms with Crippen LogP contribution in [0, 0.1) is 0 Å². The van der Waals surface area contributed by atoms with Crippen molar-refractivity contribution >= 4 is 5.95 Å². The second-order valence-electron chi connectivity index (χ2n) is 4.95. The van der Waals surface area contributed by atoms with Crippen LogP contribution in [0.2, 0.25) is 0 Å². The molecule has 0 radical (unpaired) electrons. The summed E-state index contributed by atoms with van der Waals surface area (Å²) in [5.74, 6) is 0.527. The highest BCUT2D eigenvalue weighted by Crippen LogP contribution is 2.10. The predicted octanol–water partition coefficient (Wildman–Crippen LogP) is 1.58. The van der Waals surface area contributed by atoms with Gasteiger partial charge in [-0.15, -0.1) is 5.10 Å². The van der Waals surface area contributed by atoms with Gasteiger partial charge in [0.2, 0.25) is 5.95 Å². The van der Waals surface area contributed by atoms with Gasteiger partial charge < -0.3 is 4.90 Å². The Hall–Kier alpha value is -2.11. The van der Waals surface area contributed by atoms with Crippen molar-refractivity contribution in [1.29, 1.82) is 0 Å². The molecule has 1 unspecified atom stereocenters. The molecule has 0 bridgehead atoms. The minimum atomic E-state index is -1.10. The molecule has 2 aromatic rings. The average Bonchev–Trinajstić information content (AvgIpc) is 2.68. The van der Waals surface area contributed by atoms with Gasteiger partial charge in [0.1, 0.15) is 6.17 Å². The maximum absolute atomic E-state index is 13.0. The fraction of sp³-hybridized carbons (Fsp3) is 0.429. The summed E-state index contributed by atoms with van der Waals surface area (Å²) in [6.45, 7) is 2.02. The second kappa shape index (κ2) is 5.90. The van der Waals surface area contributed by atoms with Crippen LogP contribution in [0.5, 0.6) is 0 Å². The molecular formula is C14H19FN4O. The third-order valence-electron chi connectivity index (χ3n) is 3.05. The number of rotatable bonds is 5. The van der Waals surface area contributed by atoms with Crippen molar-refractivity contribution in [3.05, 3.63) is 46.4 Å². The van der Waals surface area contributed by atoms with Crippen LogP contribution >= 0.6 is 0 Å². The van der Waals surface area contributed by atoms with Gasteiger partial charge in [-0.25, -0.2) is 13.9 Å². The highest BCUT2D eigenvalue weighted by atomic mass is 19.1. The van der Waals surface area contributed by atoms with Crippen LogP contribution < -0.4 is 10.6 Å². The summed E-state index contributed by atoms with van der Waals surface area (Å²) in [7, 11) is 3.50. The predicted molar refractivity (Wildman–Crippen MR) is 76.6 cm³/mol. The van der Waals surface area contributed by atoms with Crippen LogP contribution in [-0.4, -0.2) is 27.6 Å². The van der Waals surface area contributed by atoms with E-state index in [1.165, 1.54) is 16.2 Å². The van der Waals surface area contributed by atoms with Gasteiger partial charge in [0.25, 0.3) is 0 Å². The van der Waals surface area contributed by atoms with Gasteiger partial charge in [0.05, 0.1) is 6.54 Å². The molecule has 0 N–H and O–H groups in total. The van der Waals surface area contributed by atoms with E-state index in [1.807, 2.05) is 42.3 Å². The number of hydrogen-bond acceptors (Lipinski definition) is 3. The molecule has 1 atom stereocenters. The standard InChI is InChI=1S/C14H19FN4O/c1-11(15)9-19-14(20)18(3)13(16-19)17(2)10-12-7-5-4-6-8-12/h4-8,11H,9-10H2,1-3H3. The molecule has 0 amide bonds. The van der Waals surface area contributed by atoms with Crippen LogP contribution in [0.4, 0.5) is 10.3 Å². The largest absolute Gasteiger partial charge is 0.347 e. The number of anilines is 1. The van der Waals surface area contributed by atoms with Crippen molar-refractivity contribution in [2.24, 2.45) is 7.05 Å². The fourth-order valence-electron chi connectivity index (χ4n) is 2.09. The van der Waals surface area contributed by atoms with Crippen molar-refractivity contribution in [3.63, 3.8) is 0 Å². The Morgan fingerprint density at radius 3 is 2.60 bits per heavy atom. The summed E-state index contributed by atoms with van der Waals surface area (Å²) in [6.07, 6.45) is -1.10. The highest BCUT2D eigenvalue weighted by molar-refractivity contribution is 5.30. The number of nitrogens with zero attached hydrogens (tertiary/aromatic N) is 4. The van der Waals surface area contributed by atoms with E-state index in [0.29, 0.717) is 12.5 Å². The second-order valence-corrected chi connectivity index (χ2v) is 4.95. The average molecular weight is 278 g/mol. The molecule has 1 aromatic carbocycles. The Labute approximate surface area is 117 Å². The van der Waals surface area contributed by atoms with E-state index in [-0.39, 0.29) is 12.2 Å². The van der Waals surface area contributed by atoms with E-state index < -0.39 is 6.17 Å². The van der Waals surface area contributed by atoms with Gasteiger partial charge in [-0.2, -0.15) is 0 Å². The van der Waals surface area contributed by atoms with Gasteiger partial charge in [-0.05, 0) is 12.5 Å². The zero-order valence-corrected chi connectivity index (χ0v) is 12.0. The van der Waals surface area contributed by atoms with Crippen LogP contribution in [0.3, 0.4) is 0 Å². The lowest BCUT2D eigenvalue weighted by atomic mass is 10.2. The molecule has 0 spiro atoms. The molecule has 0 aliphatic rings. The van der Waals surface area contributed by atoms with E-state index >= 15 is 0 Å². The van der Waals surface area contributed by atoms with Crippen LogP contribution in [-0.2, 0) is 20.1 Å². The van der Waals surface area contributed by atoms with E-state index in [9.17, 15) is 9.18 Å². The monoisotopic (exact) mass is 278 g/mol. The van der Waals surface area contributed by atoms with E-state index in [2.05, 4.69) is 5.10 Å². The zero-order valence-electron chi connectivity index (χ0n) is 12.0. The fourth-order valence-corrected chi connectivity index (χ4v) is 2.09. The van der Waals surface area contributed by atoms with Gasteiger partial charge in [0.15, 0.2) is 0 Å². The van der Waals surface area contributed by atoms with Crippen molar-refractivity contribution in [3.8, 4) is 0 Å². The van der Waals surface area contributed by atoms with Crippen molar-refractivity contribution in [2.75, 3.05) is 11.9 Å². The van der Waals surface area contributed by atoms with E-state index in [4.69, 9.17) is 0 Å². The lowest BCUT2D eigenvalue weighted by Crippen LogP contribution is -2.26. The minimum Gasteiger partial charge on any atom is -0.340 e. The third-order valence-corrected chi connectivity index (χ3v) is 3.05. The molecule has 108 valence electrons. The summed E-state index contributed by atoms with van der Waals surface area (Å²) >= 11 is 0. The van der Waals surface area contributed by atoms with Gasteiger partial charge in [0, 0.05) is 20.6 Å². The highest BCUT2D eigenvalue weighted by Gasteiger charge is 2.15. The van der Waals surface area contributed by atoms with Crippen LogP contribution in [0.15, 0.2) is 35.1 Å². The third kappa shape index (κ3) is 3.07. The molecule has 1 aromatic heterocycles. The molecule has 2 rings (SSSR count). The molecule has 5 nitrogen and oxygen atoms in total. The van der Waals surface area contributed by atoms with E-state index in [0.717, 1.165) is 5.56 Å². The quantitative estimate of drug-likeness (QED) is 0.834. The molecule has 20 heavy (non-hydrogen) atoms. The summed E-state index contributed by atoms with van der Waals surface area (Å²) in [6, 6.07) is 9.90. The topological polar surface area (TPSA) is 43.1 Å². The van der Waals surface area contributed by atoms with Crippen molar-refractivity contribution in [2.45, 2.75) is 26.2 Å². The smallest absolute Gasteiger partial charge is 0.340 e. The SMILES string of the molecule is CC(F)Cn1nc(N(C)Cc2ccccc2)n(C)c1=O. The first-order chi connectivity index (χ1) is 9.49. The maximum atomic E-state index is 13.0. The normalized spacial score (nSPS) is 12.4. The molecule has 0 saturated heterocycles. The number of halogens is 1. The summed E-state index contributed by atoms with van der Waals surface area (Å²) < 4.78 is 15.6.